The number of nitrogens with one attached hydrogen (secondary N) is 1. The highest BCUT2D eigenvalue weighted by Crippen LogP contribution is 2.11. The Labute approximate surface area is 253 Å². The number of carbonyl (C=O) groups excluding carboxylic acids is 1. The van der Waals surface area contributed by atoms with Crippen LogP contribution in [0, 0.1) is 0 Å². The van der Waals surface area contributed by atoms with Gasteiger partial charge in [-0.3, -0.25) is 4.79 Å². The molecule has 4 N–H and O–H groups in total. The van der Waals surface area contributed by atoms with E-state index in [1.165, 1.54) is 64.2 Å². The smallest absolute Gasteiger partial charge is 0.222 e. The van der Waals surface area contributed by atoms with Crippen molar-refractivity contribution in [2.45, 2.75) is 167 Å². The first-order valence-corrected chi connectivity index (χ1v) is 16.9. The zero-order valence-corrected chi connectivity index (χ0v) is 26.7. The molecule has 0 saturated heterocycles. The third-order valence-electron chi connectivity index (χ3n) is 7.37. The van der Waals surface area contributed by atoms with Crippen LogP contribution in [0.5, 0.6) is 0 Å². The topological polar surface area (TPSA) is 89.8 Å². The van der Waals surface area contributed by atoms with Crippen LogP contribution in [0.2, 0.25) is 0 Å². The second-order valence-corrected chi connectivity index (χ2v) is 11.4. The van der Waals surface area contributed by atoms with Gasteiger partial charge in [-0.2, -0.15) is 0 Å². The molecule has 0 bridgehead atoms. The van der Waals surface area contributed by atoms with Gasteiger partial charge in [0.05, 0.1) is 31.3 Å². The van der Waals surface area contributed by atoms with Gasteiger partial charge in [-0.05, 0) is 57.8 Å². The zero-order valence-electron chi connectivity index (χ0n) is 26.7. The molecule has 5 heteroatoms. The lowest BCUT2D eigenvalue weighted by Crippen LogP contribution is -2.45. The van der Waals surface area contributed by atoms with Crippen LogP contribution in [0.15, 0.2) is 48.6 Å². The second-order valence-electron chi connectivity index (χ2n) is 11.4. The molecule has 0 spiro atoms. The molecule has 0 aromatic rings. The summed E-state index contributed by atoms with van der Waals surface area (Å²) in [4.78, 5) is 12.3. The molecule has 5 nitrogen and oxygen atoms in total. The van der Waals surface area contributed by atoms with Gasteiger partial charge in [-0.15, -0.1) is 0 Å². The first-order chi connectivity index (χ1) is 20.0. The van der Waals surface area contributed by atoms with E-state index in [1.54, 1.807) is 6.08 Å². The van der Waals surface area contributed by atoms with Crippen molar-refractivity contribution in [3.8, 4) is 0 Å². The maximum absolute atomic E-state index is 12.3. The lowest BCUT2D eigenvalue weighted by Gasteiger charge is -2.20. The predicted molar refractivity (Wildman–Crippen MR) is 176 cm³/mol. The maximum Gasteiger partial charge on any atom is 0.222 e. The Hall–Kier alpha value is -1.69. The summed E-state index contributed by atoms with van der Waals surface area (Å²) >= 11 is 0. The van der Waals surface area contributed by atoms with Crippen molar-refractivity contribution in [1.82, 2.24) is 5.32 Å². The molecule has 0 aromatic heterocycles. The number of rotatable bonds is 29. The van der Waals surface area contributed by atoms with Crippen molar-refractivity contribution in [2.75, 3.05) is 6.61 Å². The summed E-state index contributed by atoms with van der Waals surface area (Å²) in [5, 5.41) is 32.9. The molecule has 0 aliphatic heterocycles. The van der Waals surface area contributed by atoms with Crippen molar-refractivity contribution < 1.29 is 20.1 Å². The van der Waals surface area contributed by atoms with E-state index in [-0.39, 0.29) is 18.9 Å². The quantitative estimate of drug-likeness (QED) is 0.0408. The Morgan fingerprint density at radius 3 is 1.76 bits per heavy atom. The molecule has 0 radical (unpaired) electrons. The molecule has 0 heterocycles. The summed E-state index contributed by atoms with van der Waals surface area (Å²) < 4.78 is 0. The molecular weight excluding hydrogens is 510 g/mol. The minimum Gasteiger partial charge on any atom is -0.394 e. The fourth-order valence-corrected chi connectivity index (χ4v) is 4.70. The molecule has 3 unspecified atom stereocenters. The van der Waals surface area contributed by atoms with Crippen LogP contribution < -0.4 is 5.32 Å². The van der Waals surface area contributed by atoms with Crippen LogP contribution in [0.4, 0.5) is 0 Å². The SMILES string of the molecule is CCCCC/C=C\C=C/CCCCCCC(O)CC(=O)NC(CO)C(O)/C=C/CC/C=C/CCCCCCCCC. The molecule has 1 amide bonds. The highest BCUT2D eigenvalue weighted by atomic mass is 16.3. The number of amides is 1. The second kappa shape index (κ2) is 31.3. The number of aliphatic hydroxyl groups excluding tert-OH is 3. The maximum atomic E-state index is 12.3. The molecule has 0 aliphatic rings. The minimum absolute atomic E-state index is 0.0101. The van der Waals surface area contributed by atoms with Crippen LogP contribution in [0.25, 0.3) is 0 Å². The lowest BCUT2D eigenvalue weighted by molar-refractivity contribution is -0.124. The summed E-state index contributed by atoms with van der Waals surface area (Å²) in [5.41, 5.74) is 0. The van der Waals surface area contributed by atoms with Crippen molar-refractivity contribution in [1.29, 1.82) is 0 Å². The average Bonchev–Trinajstić information content (AvgIpc) is 2.96. The first-order valence-electron chi connectivity index (χ1n) is 16.9. The summed E-state index contributed by atoms with van der Waals surface area (Å²) in [6, 6.07) is -0.766. The van der Waals surface area contributed by atoms with Crippen LogP contribution in [0.3, 0.4) is 0 Å². The van der Waals surface area contributed by atoms with E-state index in [2.05, 4.69) is 55.6 Å². The molecule has 0 rings (SSSR count). The highest BCUT2D eigenvalue weighted by molar-refractivity contribution is 5.76. The molecule has 0 aromatic carbocycles. The number of carbonyl (C=O) groups is 1. The van der Waals surface area contributed by atoms with Gasteiger partial charge >= 0.3 is 0 Å². The number of aliphatic hydroxyl groups is 3. The van der Waals surface area contributed by atoms with Crippen LogP contribution in [-0.4, -0.2) is 46.1 Å². The minimum atomic E-state index is -0.955. The Morgan fingerprint density at radius 1 is 0.634 bits per heavy atom. The van der Waals surface area contributed by atoms with Crippen molar-refractivity contribution in [3.05, 3.63) is 48.6 Å². The Bertz CT molecular complexity index is 685. The van der Waals surface area contributed by atoms with Gasteiger partial charge in [0.1, 0.15) is 0 Å². The number of hydrogen-bond acceptors (Lipinski definition) is 4. The fourth-order valence-electron chi connectivity index (χ4n) is 4.70. The van der Waals surface area contributed by atoms with E-state index in [4.69, 9.17) is 0 Å². The number of unbranched alkanes of at least 4 members (excludes halogenated alkanes) is 15. The normalized spacial score (nSPS) is 14.6. The number of allylic oxidation sites excluding steroid dienone is 7. The van der Waals surface area contributed by atoms with E-state index in [0.29, 0.717) is 6.42 Å². The van der Waals surface area contributed by atoms with Gasteiger partial charge in [0.2, 0.25) is 5.91 Å². The van der Waals surface area contributed by atoms with Crippen LogP contribution in [0.1, 0.15) is 149 Å². The van der Waals surface area contributed by atoms with E-state index in [0.717, 1.165) is 57.8 Å². The Morgan fingerprint density at radius 2 is 1.12 bits per heavy atom. The van der Waals surface area contributed by atoms with E-state index >= 15 is 0 Å². The standard InChI is InChI=1S/C36H65NO4/c1-3-5-7-9-11-13-15-17-19-21-23-25-27-29-33(39)31-36(41)37-34(32-38)35(40)30-28-26-24-22-20-18-16-14-12-10-8-6-4-2/h11,13,15,17,20,22,28,30,33-35,38-40H,3-10,12,14,16,18-19,21,23-27,29,31-32H2,1-2H3,(H,37,41)/b13-11-,17-15-,22-20+,30-28+. The molecule has 0 saturated carbocycles. The van der Waals surface area contributed by atoms with Gasteiger partial charge in [0, 0.05) is 0 Å². The van der Waals surface area contributed by atoms with E-state index in [9.17, 15) is 20.1 Å². The van der Waals surface area contributed by atoms with Gasteiger partial charge in [0.25, 0.3) is 0 Å². The zero-order chi connectivity index (χ0) is 30.2. The molecule has 0 fully saturated rings. The third-order valence-corrected chi connectivity index (χ3v) is 7.37. The summed E-state index contributed by atoms with van der Waals surface area (Å²) in [5.74, 6) is -0.342. The van der Waals surface area contributed by atoms with Crippen LogP contribution >= 0.6 is 0 Å². The molecule has 3 atom stereocenters. The largest absolute Gasteiger partial charge is 0.394 e. The van der Waals surface area contributed by atoms with E-state index < -0.39 is 18.2 Å². The molecule has 41 heavy (non-hydrogen) atoms. The Kier molecular flexibility index (Phi) is 30.0. The van der Waals surface area contributed by atoms with Crippen molar-refractivity contribution in [2.24, 2.45) is 0 Å². The van der Waals surface area contributed by atoms with Gasteiger partial charge in [0.15, 0.2) is 0 Å². The summed E-state index contributed by atoms with van der Waals surface area (Å²) in [7, 11) is 0. The molecular formula is C36H65NO4. The van der Waals surface area contributed by atoms with E-state index in [1.807, 2.05) is 6.08 Å². The number of hydrogen-bond donors (Lipinski definition) is 4. The first kappa shape index (κ1) is 39.3. The summed E-state index contributed by atoms with van der Waals surface area (Å²) in [6.07, 6.45) is 38.0. The lowest BCUT2D eigenvalue weighted by atomic mass is 10.0. The predicted octanol–water partition coefficient (Wildman–Crippen LogP) is 8.64. The van der Waals surface area contributed by atoms with Gasteiger partial charge in [-0.1, -0.05) is 133 Å². The molecule has 0 aliphatic carbocycles. The fraction of sp³-hybridized carbons (Fsp3) is 0.750. The highest BCUT2D eigenvalue weighted by Gasteiger charge is 2.20. The van der Waals surface area contributed by atoms with Crippen molar-refractivity contribution in [3.63, 3.8) is 0 Å². The molecule has 238 valence electrons. The monoisotopic (exact) mass is 575 g/mol. The Balaban J connectivity index is 3.89. The summed E-state index contributed by atoms with van der Waals surface area (Å²) in [6.45, 7) is 4.12. The third kappa shape index (κ3) is 28.2. The average molecular weight is 576 g/mol. The van der Waals surface area contributed by atoms with Crippen molar-refractivity contribution >= 4 is 5.91 Å². The van der Waals surface area contributed by atoms with Gasteiger partial charge < -0.3 is 20.6 Å². The van der Waals surface area contributed by atoms with Gasteiger partial charge in [-0.25, -0.2) is 0 Å². The van der Waals surface area contributed by atoms with Crippen LogP contribution in [-0.2, 0) is 4.79 Å².